The largest absolute Gasteiger partial charge is 0.506 e. The predicted octanol–water partition coefficient (Wildman–Crippen LogP) is 1.50. The number of hydrogen-bond acceptors (Lipinski definition) is 6. The Balaban J connectivity index is 1.87. The van der Waals surface area contributed by atoms with Crippen LogP contribution in [0.25, 0.3) is 11.3 Å². The highest BCUT2D eigenvalue weighted by Crippen LogP contribution is 2.32. The summed E-state index contributed by atoms with van der Waals surface area (Å²) in [4.78, 5) is 26.7. The van der Waals surface area contributed by atoms with Crippen LogP contribution in [0.15, 0.2) is 33.8 Å². The van der Waals surface area contributed by atoms with Crippen molar-refractivity contribution in [1.29, 1.82) is 0 Å². The molecule has 2 aromatic heterocycles. The summed E-state index contributed by atoms with van der Waals surface area (Å²) in [6, 6.07) is 1.91. The molecule has 1 atom stereocenters. The topological polar surface area (TPSA) is 116 Å². The molecule has 0 unspecified atom stereocenters. The van der Waals surface area contributed by atoms with Crippen LogP contribution in [0.4, 0.5) is 0 Å². The summed E-state index contributed by atoms with van der Waals surface area (Å²) in [5.74, 6) is -1.31. The molecule has 2 aromatic rings. The molecule has 0 aromatic carbocycles. The smallest absolute Gasteiger partial charge is 0.261 e. The molecule has 0 saturated heterocycles. The number of rotatable bonds is 3. The molecule has 3 N–H and O–H groups in total. The number of aromatic nitrogens is 1. The van der Waals surface area contributed by atoms with Crippen molar-refractivity contribution in [1.82, 2.24) is 10.3 Å². The van der Waals surface area contributed by atoms with Crippen molar-refractivity contribution in [3.63, 3.8) is 0 Å². The van der Waals surface area contributed by atoms with Crippen LogP contribution in [0, 0.1) is 0 Å². The third kappa shape index (κ3) is 3.37. The minimum atomic E-state index is -3.32. The fourth-order valence-corrected chi connectivity index (χ4v) is 4.37. The van der Waals surface area contributed by atoms with E-state index in [9.17, 15) is 23.1 Å². The van der Waals surface area contributed by atoms with Crippen LogP contribution in [-0.4, -0.2) is 36.2 Å². The van der Waals surface area contributed by atoms with Gasteiger partial charge >= 0.3 is 0 Å². The highest BCUT2D eigenvalue weighted by atomic mass is 35.5. The Hall–Kier alpha value is -2.10. The van der Waals surface area contributed by atoms with Gasteiger partial charge in [-0.3, -0.25) is 9.59 Å². The minimum Gasteiger partial charge on any atom is -0.506 e. The van der Waals surface area contributed by atoms with Gasteiger partial charge in [-0.1, -0.05) is 11.6 Å². The average Bonchev–Trinajstić information content (AvgIpc) is 3.06. The zero-order valence-electron chi connectivity index (χ0n) is 11.9. The maximum Gasteiger partial charge on any atom is 0.261 e. The van der Waals surface area contributed by atoms with Gasteiger partial charge in [0.2, 0.25) is 0 Å². The van der Waals surface area contributed by atoms with E-state index in [2.05, 4.69) is 10.3 Å². The average molecular weight is 387 g/mol. The van der Waals surface area contributed by atoms with E-state index in [-0.39, 0.29) is 22.8 Å². The molecule has 0 radical (unpaired) electrons. The molecule has 3 rings (SSSR count). The summed E-state index contributed by atoms with van der Waals surface area (Å²) in [7, 11) is -3.32. The van der Waals surface area contributed by atoms with Crippen LogP contribution in [0.1, 0.15) is 10.4 Å². The van der Waals surface area contributed by atoms with Crippen molar-refractivity contribution in [2.24, 2.45) is 0 Å². The molecule has 126 valence electrons. The van der Waals surface area contributed by atoms with Gasteiger partial charge in [-0.15, -0.1) is 11.3 Å². The zero-order valence-corrected chi connectivity index (χ0v) is 14.3. The van der Waals surface area contributed by atoms with Crippen molar-refractivity contribution in [3.05, 3.63) is 49.3 Å². The second kappa shape index (κ2) is 6.08. The summed E-state index contributed by atoms with van der Waals surface area (Å²) in [6.07, 6.45) is 1.34. The molecule has 3 heterocycles. The number of carbonyl (C=O) groups is 1. The first kappa shape index (κ1) is 16.7. The Bertz CT molecular complexity index is 1010. The van der Waals surface area contributed by atoms with Gasteiger partial charge in [0, 0.05) is 22.4 Å². The summed E-state index contributed by atoms with van der Waals surface area (Å²) in [5, 5.41) is 15.2. The Morgan fingerprint density at radius 3 is 2.75 bits per heavy atom. The lowest BCUT2D eigenvalue weighted by atomic mass is 10.1. The number of nitrogens with one attached hydrogen (secondary N) is 2. The van der Waals surface area contributed by atoms with E-state index in [0.717, 1.165) is 11.5 Å². The highest BCUT2D eigenvalue weighted by molar-refractivity contribution is 7.94. The van der Waals surface area contributed by atoms with E-state index in [4.69, 9.17) is 11.6 Å². The van der Waals surface area contributed by atoms with Gasteiger partial charge < -0.3 is 15.4 Å². The van der Waals surface area contributed by atoms with Crippen LogP contribution in [0.3, 0.4) is 0 Å². The Morgan fingerprint density at radius 1 is 1.42 bits per heavy atom. The van der Waals surface area contributed by atoms with E-state index in [1.807, 2.05) is 0 Å². The van der Waals surface area contributed by atoms with Crippen molar-refractivity contribution in [2.75, 3.05) is 5.75 Å². The molecule has 0 saturated carbocycles. The number of carbonyl (C=O) groups excluding carboxylic acids is 1. The summed E-state index contributed by atoms with van der Waals surface area (Å²) >= 11 is 7.06. The Kier molecular flexibility index (Phi) is 4.24. The highest BCUT2D eigenvalue weighted by Gasteiger charge is 2.25. The number of thiophene rings is 1. The first-order valence-electron chi connectivity index (χ1n) is 6.68. The molecular formula is C14H11ClN2O5S2. The third-order valence-electron chi connectivity index (χ3n) is 3.37. The normalized spacial score (nSPS) is 18.6. The molecule has 24 heavy (non-hydrogen) atoms. The van der Waals surface area contributed by atoms with Crippen LogP contribution >= 0.6 is 22.9 Å². The number of pyridine rings is 1. The van der Waals surface area contributed by atoms with E-state index in [0.29, 0.717) is 9.90 Å². The standard InChI is InChI=1S/C14H11ClN2O5S2/c15-11-3-7(5-23-11)12-10(18)4-9(14(20)17-12)13(19)16-8-1-2-24(21,22)6-8/h1-5,8,18H,6H2,(H,16,19)(H,17,20)/t8-/m1/s1. The number of aromatic amines is 1. The van der Waals surface area contributed by atoms with E-state index in [1.54, 1.807) is 11.4 Å². The van der Waals surface area contributed by atoms with Gasteiger partial charge in [0.15, 0.2) is 9.84 Å². The van der Waals surface area contributed by atoms with Crippen LogP contribution in [-0.2, 0) is 9.84 Å². The first-order chi connectivity index (χ1) is 11.2. The van der Waals surface area contributed by atoms with Gasteiger partial charge in [0.05, 0.1) is 21.8 Å². The lowest BCUT2D eigenvalue weighted by Crippen LogP contribution is -2.38. The first-order valence-corrected chi connectivity index (χ1v) is 9.65. The SMILES string of the molecule is O=C(N[C@@H]1C=CS(=O)(=O)C1)c1cc(O)c(-c2csc(Cl)c2)[nH]c1=O. The molecule has 7 nitrogen and oxygen atoms in total. The van der Waals surface area contributed by atoms with Gasteiger partial charge in [-0.2, -0.15) is 0 Å². The Morgan fingerprint density at radius 2 is 2.17 bits per heavy atom. The van der Waals surface area contributed by atoms with Gasteiger partial charge in [-0.05, 0) is 12.1 Å². The van der Waals surface area contributed by atoms with Crippen molar-refractivity contribution >= 4 is 38.7 Å². The number of amides is 1. The predicted molar refractivity (Wildman–Crippen MR) is 91.2 cm³/mol. The van der Waals surface area contributed by atoms with E-state index in [1.165, 1.54) is 17.4 Å². The number of hydrogen-bond donors (Lipinski definition) is 3. The summed E-state index contributed by atoms with van der Waals surface area (Å²) in [6.45, 7) is 0. The molecule has 10 heteroatoms. The van der Waals surface area contributed by atoms with Gasteiger partial charge in [0.25, 0.3) is 11.5 Å². The maximum atomic E-state index is 12.1. The van der Waals surface area contributed by atoms with Gasteiger partial charge in [0.1, 0.15) is 11.3 Å². The summed E-state index contributed by atoms with van der Waals surface area (Å²) < 4.78 is 23.1. The molecule has 0 aliphatic carbocycles. The van der Waals surface area contributed by atoms with Gasteiger partial charge in [-0.25, -0.2) is 8.42 Å². The minimum absolute atomic E-state index is 0.156. The molecule has 0 bridgehead atoms. The molecule has 0 fully saturated rings. The molecule has 1 amide bonds. The second-order valence-electron chi connectivity index (χ2n) is 5.15. The monoisotopic (exact) mass is 386 g/mol. The van der Waals surface area contributed by atoms with Crippen LogP contribution in [0.2, 0.25) is 4.34 Å². The second-order valence-corrected chi connectivity index (χ2v) is 8.62. The summed E-state index contributed by atoms with van der Waals surface area (Å²) in [5.41, 5.74) is -0.331. The molecule has 1 aliphatic heterocycles. The zero-order chi connectivity index (χ0) is 17.5. The van der Waals surface area contributed by atoms with Crippen molar-refractivity contribution < 1.29 is 18.3 Å². The number of sulfone groups is 1. The molecule has 0 spiro atoms. The fourth-order valence-electron chi connectivity index (χ4n) is 2.26. The van der Waals surface area contributed by atoms with Crippen molar-refractivity contribution in [3.8, 4) is 17.0 Å². The lowest BCUT2D eigenvalue weighted by molar-refractivity contribution is 0.0945. The molecule has 1 aliphatic rings. The van der Waals surface area contributed by atoms with Crippen molar-refractivity contribution in [2.45, 2.75) is 6.04 Å². The van der Waals surface area contributed by atoms with E-state index < -0.39 is 27.3 Å². The number of H-pyrrole nitrogens is 1. The number of halogens is 1. The van der Waals surface area contributed by atoms with Crippen LogP contribution in [0.5, 0.6) is 5.75 Å². The number of aromatic hydroxyl groups is 1. The van der Waals surface area contributed by atoms with Crippen LogP contribution < -0.4 is 10.9 Å². The lowest BCUT2D eigenvalue weighted by Gasteiger charge is -2.10. The van der Waals surface area contributed by atoms with E-state index >= 15 is 0 Å². The fraction of sp³-hybridized carbons (Fsp3) is 0.143. The Labute approximate surface area is 145 Å². The quantitative estimate of drug-likeness (QED) is 0.739. The third-order valence-corrected chi connectivity index (χ3v) is 5.85. The molecular weight excluding hydrogens is 376 g/mol. The maximum absolute atomic E-state index is 12.1.